The molecule has 1 aromatic heterocycles. The number of aromatic nitrogens is 3. The van der Waals surface area contributed by atoms with Crippen LogP contribution in [0.1, 0.15) is 22.8 Å². The second-order valence-corrected chi connectivity index (χ2v) is 6.11. The molecular weight excluding hydrogens is 366 g/mol. The fourth-order valence-electron chi connectivity index (χ4n) is 2.36. The number of aryl methyl sites for hydroxylation is 1. The van der Waals surface area contributed by atoms with Gasteiger partial charge in [-0.25, -0.2) is 4.79 Å². The smallest absolute Gasteiger partial charge is 0.338 e. The summed E-state index contributed by atoms with van der Waals surface area (Å²) in [5, 5.41) is 14.9. The number of nitrogens with one attached hydrogen (secondary N) is 2. The molecule has 0 aliphatic rings. The quantitative estimate of drug-likeness (QED) is 0.606. The first-order valence-electron chi connectivity index (χ1n) is 8.32. The van der Waals surface area contributed by atoms with E-state index in [9.17, 15) is 4.79 Å². The molecular formula is C19H18ClN5O2. The third kappa shape index (κ3) is 4.92. The lowest BCUT2D eigenvalue weighted by molar-refractivity contribution is 0.0526. The summed E-state index contributed by atoms with van der Waals surface area (Å²) in [4.78, 5) is 16.1. The zero-order valence-electron chi connectivity index (χ0n) is 14.9. The molecule has 0 aliphatic heterocycles. The molecule has 8 heteroatoms. The first-order chi connectivity index (χ1) is 13.0. The molecule has 0 fully saturated rings. The second kappa shape index (κ2) is 8.46. The van der Waals surface area contributed by atoms with Gasteiger partial charge in [-0.2, -0.15) is 10.1 Å². The maximum absolute atomic E-state index is 11.7. The highest BCUT2D eigenvalue weighted by molar-refractivity contribution is 6.30. The molecule has 0 saturated heterocycles. The molecule has 0 unspecified atom stereocenters. The molecule has 1 heterocycles. The molecule has 27 heavy (non-hydrogen) atoms. The summed E-state index contributed by atoms with van der Waals surface area (Å²) in [6.07, 6.45) is 1.51. The third-order valence-corrected chi connectivity index (χ3v) is 3.90. The van der Waals surface area contributed by atoms with Crippen LogP contribution in [-0.4, -0.2) is 27.8 Å². The Labute approximate surface area is 161 Å². The van der Waals surface area contributed by atoms with Crippen molar-refractivity contribution in [2.24, 2.45) is 0 Å². The van der Waals surface area contributed by atoms with Crippen LogP contribution >= 0.6 is 11.6 Å². The number of benzene rings is 2. The zero-order valence-corrected chi connectivity index (χ0v) is 15.6. The maximum Gasteiger partial charge on any atom is 0.338 e. The van der Waals surface area contributed by atoms with E-state index in [2.05, 4.69) is 25.8 Å². The van der Waals surface area contributed by atoms with E-state index in [4.69, 9.17) is 16.3 Å². The number of carbonyl (C=O) groups is 1. The van der Waals surface area contributed by atoms with Crippen molar-refractivity contribution < 1.29 is 9.53 Å². The zero-order chi connectivity index (χ0) is 19.2. The lowest BCUT2D eigenvalue weighted by atomic mass is 10.2. The number of halogens is 1. The van der Waals surface area contributed by atoms with Crippen LogP contribution in [0.25, 0.3) is 0 Å². The Morgan fingerprint density at radius 3 is 2.63 bits per heavy atom. The van der Waals surface area contributed by atoms with Gasteiger partial charge in [0.2, 0.25) is 5.95 Å². The van der Waals surface area contributed by atoms with Gasteiger partial charge in [-0.15, -0.1) is 5.10 Å². The van der Waals surface area contributed by atoms with Gasteiger partial charge in [0.25, 0.3) is 0 Å². The summed E-state index contributed by atoms with van der Waals surface area (Å²) in [6.45, 7) is 4.05. The van der Waals surface area contributed by atoms with Gasteiger partial charge < -0.3 is 15.4 Å². The highest BCUT2D eigenvalue weighted by Gasteiger charge is 2.07. The number of carbonyl (C=O) groups excluding carboxylic acids is 1. The van der Waals surface area contributed by atoms with Crippen molar-refractivity contribution in [1.82, 2.24) is 15.2 Å². The third-order valence-electron chi connectivity index (χ3n) is 3.66. The van der Waals surface area contributed by atoms with E-state index in [-0.39, 0.29) is 5.97 Å². The summed E-state index contributed by atoms with van der Waals surface area (Å²) >= 11 is 5.97. The molecule has 0 radical (unpaired) electrons. The van der Waals surface area contributed by atoms with Gasteiger partial charge in [0.1, 0.15) is 0 Å². The van der Waals surface area contributed by atoms with Gasteiger partial charge in [-0.3, -0.25) is 0 Å². The van der Waals surface area contributed by atoms with Crippen LogP contribution in [0.2, 0.25) is 5.02 Å². The fourth-order valence-corrected chi connectivity index (χ4v) is 2.58. The molecule has 3 aromatic rings. The SMILES string of the molecule is CCOC(=O)c1ccc(Nc2cnnc(Nc3ccc(Cl)cc3C)n2)cc1. The Balaban J connectivity index is 1.71. The minimum atomic E-state index is -0.349. The molecule has 0 bridgehead atoms. The average molecular weight is 384 g/mol. The lowest BCUT2D eigenvalue weighted by Gasteiger charge is -2.10. The fraction of sp³-hybridized carbons (Fsp3) is 0.158. The maximum atomic E-state index is 11.7. The molecule has 0 saturated carbocycles. The van der Waals surface area contributed by atoms with E-state index in [1.165, 1.54) is 6.20 Å². The largest absolute Gasteiger partial charge is 0.462 e. The molecule has 7 nitrogen and oxygen atoms in total. The monoisotopic (exact) mass is 383 g/mol. The Bertz CT molecular complexity index is 947. The Morgan fingerprint density at radius 1 is 1.15 bits per heavy atom. The van der Waals surface area contributed by atoms with Crippen LogP contribution in [0.3, 0.4) is 0 Å². The Morgan fingerprint density at radius 2 is 1.93 bits per heavy atom. The van der Waals surface area contributed by atoms with E-state index < -0.39 is 0 Å². The first-order valence-corrected chi connectivity index (χ1v) is 8.70. The summed E-state index contributed by atoms with van der Waals surface area (Å²) in [5.74, 6) is 0.522. The molecule has 0 aliphatic carbocycles. The number of ether oxygens (including phenoxy) is 1. The molecule has 2 aromatic carbocycles. The van der Waals surface area contributed by atoms with Gasteiger partial charge in [-0.05, 0) is 61.9 Å². The van der Waals surface area contributed by atoms with Gasteiger partial charge >= 0.3 is 5.97 Å². The highest BCUT2D eigenvalue weighted by Crippen LogP contribution is 2.22. The molecule has 2 N–H and O–H groups in total. The van der Waals surface area contributed by atoms with Crippen molar-refractivity contribution in [3.8, 4) is 0 Å². The van der Waals surface area contributed by atoms with Crippen molar-refractivity contribution >= 4 is 40.7 Å². The lowest BCUT2D eigenvalue weighted by Crippen LogP contribution is -2.05. The van der Waals surface area contributed by atoms with Crippen LogP contribution in [0.5, 0.6) is 0 Å². The van der Waals surface area contributed by atoms with Crippen molar-refractivity contribution in [2.75, 3.05) is 17.2 Å². The van der Waals surface area contributed by atoms with E-state index in [1.807, 2.05) is 19.1 Å². The van der Waals surface area contributed by atoms with E-state index in [0.717, 1.165) is 16.9 Å². The van der Waals surface area contributed by atoms with Crippen molar-refractivity contribution in [3.05, 3.63) is 64.8 Å². The van der Waals surface area contributed by atoms with E-state index >= 15 is 0 Å². The highest BCUT2D eigenvalue weighted by atomic mass is 35.5. The number of hydrogen-bond acceptors (Lipinski definition) is 7. The molecule has 0 atom stereocenters. The standard InChI is InChI=1S/C19H18ClN5O2/c1-3-27-18(26)13-4-7-15(8-5-13)22-17-11-21-25-19(24-17)23-16-9-6-14(20)10-12(16)2/h4-11H,3H2,1-2H3,(H2,22,23,24,25). The van der Waals surface area contributed by atoms with Crippen LogP contribution in [0.4, 0.5) is 23.1 Å². The normalized spacial score (nSPS) is 10.3. The summed E-state index contributed by atoms with van der Waals surface area (Å²) < 4.78 is 4.97. The summed E-state index contributed by atoms with van der Waals surface area (Å²) in [5.41, 5.74) is 3.07. The van der Waals surface area contributed by atoms with E-state index in [0.29, 0.717) is 29.0 Å². The Kier molecular flexibility index (Phi) is 5.83. The van der Waals surface area contributed by atoms with Gasteiger partial charge in [-0.1, -0.05) is 11.6 Å². The number of nitrogens with zero attached hydrogens (tertiary/aromatic N) is 3. The number of esters is 1. The molecule has 0 spiro atoms. The molecule has 3 rings (SSSR count). The topological polar surface area (TPSA) is 89.0 Å². The van der Waals surface area contributed by atoms with Gasteiger partial charge in [0.05, 0.1) is 18.4 Å². The molecule has 138 valence electrons. The van der Waals surface area contributed by atoms with Gasteiger partial charge in [0, 0.05) is 16.4 Å². The molecule has 0 amide bonds. The minimum Gasteiger partial charge on any atom is -0.462 e. The number of rotatable bonds is 6. The van der Waals surface area contributed by atoms with Crippen LogP contribution in [0.15, 0.2) is 48.7 Å². The predicted octanol–water partition coefficient (Wildman–Crippen LogP) is 4.50. The van der Waals surface area contributed by atoms with E-state index in [1.54, 1.807) is 37.3 Å². The van der Waals surface area contributed by atoms with Crippen molar-refractivity contribution in [1.29, 1.82) is 0 Å². The summed E-state index contributed by atoms with van der Waals surface area (Å²) in [7, 11) is 0. The number of anilines is 4. The van der Waals surface area contributed by atoms with Crippen LogP contribution in [0, 0.1) is 6.92 Å². The average Bonchev–Trinajstić information content (AvgIpc) is 2.65. The van der Waals surface area contributed by atoms with Crippen molar-refractivity contribution in [3.63, 3.8) is 0 Å². The minimum absolute atomic E-state index is 0.342. The van der Waals surface area contributed by atoms with Crippen molar-refractivity contribution in [2.45, 2.75) is 13.8 Å². The van der Waals surface area contributed by atoms with Crippen LogP contribution < -0.4 is 10.6 Å². The number of hydrogen-bond donors (Lipinski definition) is 2. The second-order valence-electron chi connectivity index (χ2n) is 5.67. The van der Waals surface area contributed by atoms with Crippen LogP contribution in [-0.2, 0) is 4.74 Å². The predicted molar refractivity (Wildman–Crippen MR) is 105 cm³/mol. The van der Waals surface area contributed by atoms with Gasteiger partial charge in [0.15, 0.2) is 5.82 Å². The first kappa shape index (κ1) is 18.6. The summed E-state index contributed by atoms with van der Waals surface area (Å²) in [6, 6.07) is 12.4. The Hall–Kier alpha value is -3.19.